The molecular weight excluding hydrogens is 256 g/mol. The first-order valence-electron chi connectivity index (χ1n) is 7.35. The second-order valence-corrected chi connectivity index (χ2v) is 5.11. The molecule has 1 N–H and O–H groups in total. The molecule has 0 aliphatic heterocycles. The summed E-state index contributed by atoms with van der Waals surface area (Å²) in [5.74, 6) is 1.44. The van der Waals surface area contributed by atoms with Crippen molar-refractivity contribution in [3.8, 4) is 0 Å². The van der Waals surface area contributed by atoms with Crippen LogP contribution in [-0.4, -0.2) is 11.7 Å². The molecule has 2 atom stereocenters. The Bertz CT molecular complexity index is 143. The number of aliphatic hydroxyl groups excluding tert-OH is 1. The topological polar surface area (TPSA) is 20.2 Å². The minimum Gasteiger partial charge on any atom is -0.396 e. The van der Waals surface area contributed by atoms with Crippen molar-refractivity contribution >= 4 is 0 Å². The Labute approximate surface area is 139 Å². The molecule has 1 nitrogen and oxygen atoms in total. The maximum atomic E-state index is 8.54. The van der Waals surface area contributed by atoms with Crippen LogP contribution < -0.4 is 0 Å². The van der Waals surface area contributed by atoms with E-state index in [1.165, 1.54) is 38.5 Å². The molecule has 21 heavy (non-hydrogen) atoms. The number of allylic oxidation sites excluding steroid dienone is 1. The van der Waals surface area contributed by atoms with Gasteiger partial charge in [0.05, 0.1) is 0 Å². The maximum absolute atomic E-state index is 8.54. The normalized spacial score (nSPS) is 10.9. The molecule has 0 saturated carbocycles. The van der Waals surface area contributed by atoms with Crippen LogP contribution in [0.15, 0.2) is 12.7 Å². The Morgan fingerprint density at radius 2 is 1.29 bits per heavy atom. The minimum absolute atomic E-state index is 0. The molecule has 0 spiro atoms. The Morgan fingerprint density at radius 1 is 0.857 bits per heavy atom. The molecule has 0 fully saturated rings. The predicted molar refractivity (Wildman–Crippen MR) is 106 cm³/mol. The molecule has 0 radical (unpaired) electrons. The zero-order chi connectivity index (χ0) is 13.5. The van der Waals surface area contributed by atoms with E-state index in [0.29, 0.717) is 6.61 Å². The molecule has 0 amide bonds. The standard InChI is InChI=1S/C8H18O.C8H16.4CH4/c1-3-4-5-8(2)6-7-9;1-4-6-7-8(3)5-2;;;;/h8-9H,3-7H2,1-2H3;5,8H,2,4,6-7H2,1,3H3;4*1H4. The average Bonchev–Trinajstić information content (AvgIpc) is 2.34. The highest BCUT2D eigenvalue weighted by Crippen LogP contribution is 2.10. The molecule has 0 heterocycles. The second-order valence-electron chi connectivity index (χ2n) is 5.11. The van der Waals surface area contributed by atoms with Crippen LogP contribution in [0, 0.1) is 11.8 Å². The number of hydrogen-bond acceptors (Lipinski definition) is 1. The molecular formula is C20H50O. The molecule has 0 aromatic rings. The van der Waals surface area contributed by atoms with Crippen LogP contribution in [0.5, 0.6) is 0 Å². The molecule has 1 heteroatoms. The van der Waals surface area contributed by atoms with Crippen LogP contribution in [0.4, 0.5) is 0 Å². The van der Waals surface area contributed by atoms with Gasteiger partial charge in [0.2, 0.25) is 0 Å². The van der Waals surface area contributed by atoms with E-state index in [4.69, 9.17) is 5.11 Å². The van der Waals surface area contributed by atoms with Crippen molar-refractivity contribution in [2.24, 2.45) is 11.8 Å². The summed E-state index contributed by atoms with van der Waals surface area (Å²) in [5, 5.41) is 8.54. The first kappa shape index (κ1) is 37.2. The third-order valence-electron chi connectivity index (χ3n) is 3.09. The van der Waals surface area contributed by atoms with Gasteiger partial charge in [0.25, 0.3) is 0 Å². The van der Waals surface area contributed by atoms with Gasteiger partial charge in [0.15, 0.2) is 0 Å². The third-order valence-corrected chi connectivity index (χ3v) is 3.09. The van der Waals surface area contributed by atoms with Crippen LogP contribution >= 0.6 is 0 Å². The van der Waals surface area contributed by atoms with Crippen molar-refractivity contribution in [2.75, 3.05) is 6.61 Å². The summed E-state index contributed by atoms with van der Waals surface area (Å²) in [6.45, 7) is 12.9. The van der Waals surface area contributed by atoms with E-state index >= 15 is 0 Å². The van der Waals surface area contributed by atoms with Gasteiger partial charge in [-0.2, -0.15) is 0 Å². The monoisotopic (exact) mass is 306 g/mol. The summed E-state index contributed by atoms with van der Waals surface area (Å²) >= 11 is 0. The Kier molecular flexibility index (Phi) is 56.4. The van der Waals surface area contributed by atoms with Gasteiger partial charge in [-0.15, -0.1) is 6.58 Å². The lowest BCUT2D eigenvalue weighted by molar-refractivity contribution is 0.257. The van der Waals surface area contributed by atoms with Crippen molar-refractivity contribution < 1.29 is 5.11 Å². The summed E-state index contributed by atoms with van der Waals surface area (Å²) in [4.78, 5) is 0. The lowest BCUT2D eigenvalue weighted by Crippen LogP contribution is -1.96. The zero-order valence-corrected chi connectivity index (χ0v) is 12.5. The van der Waals surface area contributed by atoms with Crippen molar-refractivity contribution in [3.05, 3.63) is 12.7 Å². The van der Waals surface area contributed by atoms with Crippen LogP contribution in [0.25, 0.3) is 0 Å². The third kappa shape index (κ3) is 38.3. The Morgan fingerprint density at radius 3 is 1.62 bits per heavy atom. The lowest BCUT2D eigenvalue weighted by Gasteiger charge is -2.06. The zero-order valence-electron chi connectivity index (χ0n) is 12.5. The van der Waals surface area contributed by atoms with Gasteiger partial charge in [-0.1, -0.05) is 95.6 Å². The minimum atomic E-state index is 0. The fourth-order valence-electron chi connectivity index (χ4n) is 1.56. The van der Waals surface area contributed by atoms with E-state index < -0.39 is 0 Å². The van der Waals surface area contributed by atoms with E-state index in [-0.39, 0.29) is 29.7 Å². The van der Waals surface area contributed by atoms with Gasteiger partial charge in [0, 0.05) is 6.61 Å². The van der Waals surface area contributed by atoms with Gasteiger partial charge in [-0.25, -0.2) is 0 Å². The van der Waals surface area contributed by atoms with Crippen LogP contribution in [0.3, 0.4) is 0 Å². The van der Waals surface area contributed by atoms with Gasteiger partial charge < -0.3 is 5.11 Å². The van der Waals surface area contributed by atoms with Crippen LogP contribution in [0.2, 0.25) is 0 Å². The van der Waals surface area contributed by atoms with E-state index in [2.05, 4.69) is 34.3 Å². The highest BCUT2D eigenvalue weighted by atomic mass is 16.3. The van der Waals surface area contributed by atoms with Gasteiger partial charge in [-0.3, -0.25) is 0 Å². The molecule has 0 aliphatic carbocycles. The summed E-state index contributed by atoms with van der Waals surface area (Å²) in [6.07, 6.45) is 10.8. The molecule has 0 rings (SSSR count). The van der Waals surface area contributed by atoms with E-state index in [9.17, 15) is 0 Å². The number of aliphatic hydroxyl groups is 1. The molecule has 136 valence electrons. The molecule has 0 bridgehead atoms. The van der Waals surface area contributed by atoms with Crippen LogP contribution in [-0.2, 0) is 0 Å². The summed E-state index contributed by atoms with van der Waals surface area (Å²) in [7, 11) is 0. The molecule has 2 unspecified atom stereocenters. The molecule has 0 aromatic carbocycles. The number of rotatable bonds is 9. The molecule has 0 aliphatic rings. The fourth-order valence-corrected chi connectivity index (χ4v) is 1.56. The predicted octanol–water partition coefficient (Wildman–Crippen LogP) is 7.74. The lowest BCUT2D eigenvalue weighted by atomic mass is 10.0. The Balaban J connectivity index is -0.0000000452. The quantitative estimate of drug-likeness (QED) is 0.432. The fraction of sp³-hybridized carbons (Fsp3) is 0.900. The first-order chi connectivity index (χ1) is 8.12. The van der Waals surface area contributed by atoms with Crippen LogP contribution in [0.1, 0.15) is 102 Å². The summed E-state index contributed by atoms with van der Waals surface area (Å²) in [6, 6.07) is 0. The Hall–Kier alpha value is -0.300. The van der Waals surface area contributed by atoms with Crippen molar-refractivity contribution in [3.63, 3.8) is 0 Å². The second kappa shape index (κ2) is 31.9. The highest BCUT2D eigenvalue weighted by molar-refractivity contribution is 4.74. The molecule has 0 saturated heterocycles. The van der Waals surface area contributed by atoms with E-state index in [0.717, 1.165) is 18.3 Å². The van der Waals surface area contributed by atoms with Gasteiger partial charge in [-0.05, 0) is 24.7 Å². The van der Waals surface area contributed by atoms with Crippen molar-refractivity contribution in [1.29, 1.82) is 0 Å². The summed E-state index contributed by atoms with van der Waals surface area (Å²) in [5.41, 5.74) is 0. The van der Waals surface area contributed by atoms with Crippen molar-refractivity contribution in [1.82, 2.24) is 0 Å². The van der Waals surface area contributed by atoms with E-state index in [1.54, 1.807) is 0 Å². The average molecular weight is 307 g/mol. The van der Waals surface area contributed by atoms with E-state index in [1.807, 2.05) is 6.08 Å². The SMILES string of the molecule is C.C.C.C.C=CC(C)CCCC.CCCCC(C)CCO. The smallest absolute Gasteiger partial charge is 0.0433 e. The van der Waals surface area contributed by atoms with Gasteiger partial charge >= 0.3 is 0 Å². The molecule has 0 aromatic heterocycles. The van der Waals surface area contributed by atoms with Crippen molar-refractivity contribution in [2.45, 2.75) is 102 Å². The largest absolute Gasteiger partial charge is 0.396 e. The summed E-state index contributed by atoms with van der Waals surface area (Å²) < 4.78 is 0. The maximum Gasteiger partial charge on any atom is 0.0433 e. The van der Waals surface area contributed by atoms with Gasteiger partial charge in [0.1, 0.15) is 0 Å². The number of unbranched alkanes of at least 4 members (excludes halogenated alkanes) is 2. The number of hydrogen-bond donors (Lipinski definition) is 1. The highest BCUT2D eigenvalue weighted by Gasteiger charge is 1.98. The first-order valence-corrected chi connectivity index (χ1v) is 7.35.